The Labute approximate surface area is 155 Å². The van der Waals surface area contributed by atoms with Gasteiger partial charge in [0, 0.05) is 0 Å². The highest BCUT2D eigenvalue weighted by atomic mass is 28.4. The van der Waals surface area contributed by atoms with Crippen molar-refractivity contribution < 1.29 is 14.0 Å². The number of esters is 1. The molecule has 0 aromatic heterocycles. The van der Waals surface area contributed by atoms with Crippen LogP contribution < -0.4 is 0 Å². The molecule has 2 rings (SSSR count). The van der Waals surface area contributed by atoms with Gasteiger partial charge in [0.1, 0.15) is 0 Å². The minimum absolute atomic E-state index is 0.0111. The Kier molecular flexibility index (Phi) is 6.25. The van der Waals surface area contributed by atoms with E-state index in [-0.39, 0.29) is 23.0 Å². The topological polar surface area (TPSA) is 35.5 Å². The Balaban J connectivity index is 2.25. The lowest BCUT2D eigenvalue weighted by molar-refractivity contribution is -0.154. The van der Waals surface area contributed by atoms with E-state index in [1.165, 1.54) is 0 Å². The summed E-state index contributed by atoms with van der Waals surface area (Å²) in [7, 11) is -1.83. The SMILES string of the molecule is CCOC(=O)[C@H]1CC=C[C@H]2C[C@@H](C)[C@H](O[Si](C)(C)C(C)(C)C)[C@@H](C)[C@H]12. The first-order valence-electron chi connectivity index (χ1n) is 10.0. The van der Waals surface area contributed by atoms with Gasteiger partial charge in [-0.3, -0.25) is 4.79 Å². The van der Waals surface area contributed by atoms with Crippen LogP contribution in [0.2, 0.25) is 18.1 Å². The monoisotopic (exact) mass is 366 g/mol. The molecule has 0 amide bonds. The first-order chi connectivity index (χ1) is 11.5. The molecule has 0 aromatic rings. The zero-order valence-electron chi connectivity index (χ0n) is 17.5. The molecule has 1 saturated carbocycles. The van der Waals surface area contributed by atoms with E-state index < -0.39 is 8.32 Å². The number of allylic oxidation sites excluding steroid dienone is 2. The van der Waals surface area contributed by atoms with Gasteiger partial charge in [-0.2, -0.15) is 0 Å². The lowest BCUT2D eigenvalue weighted by Gasteiger charge is -2.51. The van der Waals surface area contributed by atoms with Gasteiger partial charge in [-0.15, -0.1) is 0 Å². The maximum atomic E-state index is 12.5. The second-order valence-electron chi connectivity index (χ2n) is 9.68. The highest BCUT2D eigenvalue weighted by Crippen LogP contribution is 2.49. The van der Waals surface area contributed by atoms with Gasteiger partial charge in [0.15, 0.2) is 8.32 Å². The summed E-state index contributed by atoms with van der Waals surface area (Å²) in [5.74, 6) is 1.69. The van der Waals surface area contributed by atoms with Crippen LogP contribution in [0.3, 0.4) is 0 Å². The van der Waals surface area contributed by atoms with Crippen molar-refractivity contribution in [3.05, 3.63) is 12.2 Å². The maximum Gasteiger partial charge on any atom is 0.309 e. The van der Waals surface area contributed by atoms with E-state index in [1.807, 2.05) is 6.92 Å². The second-order valence-corrected chi connectivity index (χ2v) is 14.4. The van der Waals surface area contributed by atoms with E-state index in [0.29, 0.717) is 30.3 Å². The van der Waals surface area contributed by atoms with Crippen molar-refractivity contribution in [2.45, 2.75) is 78.6 Å². The number of ether oxygens (including phenoxy) is 1. The lowest BCUT2D eigenvalue weighted by Crippen LogP contribution is -2.53. The zero-order valence-corrected chi connectivity index (χ0v) is 18.5. The molecule has 4 heteroatoms. The average molecular weight is 367 g/mol. The number of fused-ring (bicyclic) bond motifs is 1. The van der Waals surface area contributed by atoms with Crippen LogP contribution in [0.15, 0.2) is 12.2 Å². The van der Waals surface area contributed by atoms with Gasteiger partial charge in [-0.25, -0.2) is 0 Å². The highest BCUT2D eigenvalue weighted by molar-refractivity contribution is 6.74. The summed E-state index contributed by atoms with van der Waals surface area (Å²) in [5.41, 5.74) is 0. The average Bonchev–Trinajstić information content (AvgIpc) is 2.49. The van der Waals surface area contributed by atoms with E-state index in [9.17, 15) is 4.79 Å². The standard InChI is InChI=1S/C21H38O3Si/c1-9-23-20(22)17-12-10-11-16-13-14(2)19(15(3)18(16)17)24-25(7,8)21(4,5)6/h10-11,14-19H,9,12-13H2,1-8H3/t14-,15+,16+,17+,18+,19+/m1/s1. The molecular formula is C21H38O3Si. The molecule has 144 valence electrons. The van der Waals surface area contributed by atoms with Crippen molar-refractivity contribution in [1.29, 1.82) is 0 Å². The van der Waals surface area contributed by atoms with Gasteiger partial charge < -0.3 is 9.16 Å². The van der Waals surface area contributed by atoms with Gasteiger partial charge in [-0.05, 0) is 61.6 Å². The lowest BCUT2D eigenvalue weighted by atomic mass is 9.60. The molecule has 0 bridgehead atoms. The van der Waals surface area contributed by atoms with Crippen LogP contribution in [0.4, 0.5) is 0 Å². The van der Waals surface area contributed by atoms with Gasteiger partial charge in [0.25, 0.3) is 0 Å². The molecule has 6 atom stereocenters. The van der Waals surface area contributed by atoms with Crippen LogP contribution >= 0.6 is 0 Å². The molecule has 3 nitrogen and oxygen atoms in total. The number of carbonyl (C=O) groups excluding carboxylic acids is 1. The fourth-order valence-corrected chi connectivity index (χ4v) is 6.00. The highest BCUT2D eigenvalue weighted by Gasteiger charge is 2.50. The molecular weight excluding hydrogens is 328 g/mol. The van der Waals surface area contributed by atoms with Crippen LogP contribution in [-0.4, -0.2) is 27.0 Å². The summed E-state index contributed by atoms with van der Waals surface area (Å²) in [6.07, 6.45) is 6.70. The first kappa shape index (κ1) is 20.7. The quantitative estimate of drug-likeness (QED) is 0.378. The fourth-order valence-electron chi connectivity index (χ4n) is 4.52. The Bertz CT molecular complexity index is 506. The molecule has 0 spiro atoms. The van der Waals surface area contributed by atoms with Gasteiger partial charge in [0.05, 0.1) is 18.6 Å². The van der Waals surface area contributed by atoms with E-state index in [2.05, 4.69) is 59.9 Å². The molecule has 25 heavy (non-hydrogen) atoms. The van der Waals surface area contributed by atoms with Crippen LogP contribution in [0.1, 0.15) is 54.4 Å². The van der Waals surface area contributed by atoms with Crippen LogP contribution in [0, 0.1) is 29.6 Å². The number of rotatable bonds is 4. The summed E-state index contributed by atoms with van der Waals surface area (Å²) in [6, 6.07) is 0. The fraction of sp³-hybridized carbons (Fsp3) is 0.857. The summed E-state index contributed by atoms with van der Waals surface area (Å²) < 4.78 is 12.3. The van der Waals surface area contributed by atoms with Crippen molar-refractivity contribution in [1.82, 2.24) is 0 Å². The Morgan fingerprint density at radius 2 is 1.88 bits per heavy atom. The van der Waals surface area contributed by atoms with Gasteiger partial charge in [0.2, 0.25) is 0 Å². The first-order valence-corrected chi connectivity index (χ1v) is 12.9. The minimum atomic E-state index is -1.83. The zero-order chi connectivity index (χ0) is 19.0. The summed E-state index contributed by atoms with van der Waals surface area (Å²) >= 11 is 0. The van der Waals surface area contributed by atoms with E-state index in [0.717, 1.165) is 12.8 Å². The molecule has 0 unspecified atom stereocenters. The molecule has 0 aliphatic heterocycles. The van der Waals surface area contributed by atoms with Crippen molar-refractivity contribution in [3.63, 3.8) is 0 Å². The van der Waals surface area contributed by atoms with E-state index in [4.69, 9.17) is 9.16 Å². The van der Waals surface area contributed by atoms with E-state index >= 15 is 0 Å². The molecule has 0 heterocycles. The van der Waals surface area contributed by atoms with E-state index in [1.54, 1.807) is 0 Å². The normalized spacial score (nSPS) is 36.0. The molecule has 0 aromatic carbocycles. The third-order valence-corrected chi connectivity index (χ3v) is 11.4. The largest absolute Gasteiger partial charge is 0.466 e. The van der Waals surface area contributed by atoms with Crippen LogP contribution in [-0.2, 0) is 14.0 Å². The Morgan fingerprint density at radius 3 is 2.44 bits per heavy atom. The van der Waals surface area contributed by atoms with Gasteiger partial charge in [-0.1, -0.05) is 46.8 Å². The van der Waals surface area contributed by atoms with Gasteiger partial charge >= 0.3 is 5.97 Å². The summed E-state index contributed by atoms with van der Waals surface area (Å²) in [5, 5.41) is 0.205. The van der Waals surface area contributed by atoms with Crippen LogP contribution in [0.25, 0.3) is 0 Å². The minimum Gasteiger partial charge on any atom is -0.466 e. The number of carbonyl (C=O) groups is 1. The smallest absolute Gasteiger partial charge is 0.309 e. The predicted molar refractivity (Wildman–Crippen MR) is 106 cm³/mol. The second kappa shape index (κ2) is 7.56. The van der Waals surface area contributed by atoms with Crippen molar-refractivity contribution in [2.75, 3.05) is 6.61 Å². The molecule has 2 aliphatic rings. The van der Waals surface area contributed by atoms with Crippen LogP contribution in [0.5, 0.6) is 0 Å². The van der Waals surface area contributed by atoms with Crippen molar-refractivity contribution in [3.8, 4) is 0 Å². The predicted octanol–water partition coefficient (Wildman–Crippen LogP) is 5.42. The molecule has 1 fully saturated rings. The molecule has 0 radical (unpaired) electrons. The molecule has 0 saturated heterocycles. The summed E-state index contributed by atoms with van der Waals surface area (Å²) in [4.78, 5) is 12.5. The van der Waals surface area contributed by atoms with Crippen molar-refractivity contribution >= 4 is 14.3 Å². The summed E-state index contributed by atoms with van der Waals surface area (Å²) in [6.45, 7) is 18.5. The number of hydrogen-bond donors (Lipinski definition) is 0. The van der Waals surface area contributed by atoms with Crippen molar-refractivity contribution in [2.24, 2.45) is 29.6 Å². The number of hydrogen-bond acceptors (Lipinski definition) is 3. The Hall–Kier alpha value is -0.613. The third kappa shape index (κ3) is 4.21. The third-order valence-electron chi connectivity index (χ3n) is 6.89. The molecule has 0 N–H and O–H groups in total. The Morgan fingerprint density at radius 1 is 1.24 bits per heavy atom. The molecule has 2 aliphatic carbocycles. The maximum absolute atomic E-state index is 12.5.